The van der Waals surface area contributed by atoms with E-state index in [0.29, 0.717) is 21.0 Å². The number of hydrogen-bond acceptors (Lipinski definition) is 6. The Balaban J connectivity index is 1.58. The van der Waals surface area contributed by atoms with Crippen LogP contribution in [0.2, 0.25) is 0 Å². The van der Waals surface area contributed by atoms with Crippen molar-refractivity contribution in [3.63, 3.8) is 0 Å². The second kappa shape index (κ2) is 7.08. The smallest absolute Gasteiger partial charge is 0.433 e. The summed E-state index contributed by atoms with van der Waals surface area (Å²) in [5.41, 5.74) is -2.37. The molecule has 1 saturated heterocycles. The van der Waals surface area contributed by atoms with Crippen molar-refractivity contribution >= 4 is 39.2 Å². The molecule has 0 aromatic carbocycles. The first-order chi connectivity index (χ1) is 15.8. The highest BCUT2D eigenvalue weighted by atomic mass is 32.1. The van der Waals surface area contributed by atoms with E-state index in [0.717, 1.165) is 11.3 Å². The number of rotatable bonds is 4. The summed E-state index contributed by atoms with van der Waals surface area (Å²) in [4.78, 5) is 46.9. The molecule has 4 heterocycles. The number of carboxylic acid groups (broad SMARTS) is 1. The molecule has 5 rings (SSSR count). The number of amides is 2. The lowest BCUT2D eigenvalue weighted by Crippen LogP contribution is -2.35. The van der Waals surface area contributed by atoms with Crippen molar-refractivity contribution in [3.05, 3.63) is 46.1 Å². The number of aromatic carboxylic acids is 1. The predicted octanol–water partition coefficient (Wildman–Crippen LogP) is 4.52. The number of nitrogens with zero attached hydrogens (tertiary/aromatic N) is 3. The third kappa shape index (κ3) is 3.21. The van der Waals surface area contributed by atoms with Gasteiger partial charge in [0.25, 0.3) is 0 Å². The Morgan fingerprint density at radius 3 is 2.41 bits per heavy atom. The summed E-state index contributed by atoms with van der Waals surface area (Å²) < 4.78 is 40.6. The van der Waals surface area contributed by atoms with Gasteiger partial charge in [-0.1, -0.05) is 13.8 Å². The van der Waals surface area contributed by atoms with E-state index in [-0.39, 0.29) is 58.1 Å². The van der Waals surface area contributed by atoms with Gasteiger partial charge in [0.2, 0.25) is 11.8 Å². The Bertz CT molecular complexity index is 1390. The number of pyridine rings is 2. The zero-order chi connectivity index (χ0) is 24.7. The Morgan fingerprint density at radius 1 is 1.18 bits per heavy atom. The third-order valence-corrected chi connectivity index (χ3v) is 7.78. The lowest BCUT2D eigenvalue weighted by Gasteiger charge is -2.19. The Hall–Kier alpha value is -3.34. The van der Waals surface area contributed by atoms with Gasteiger partial charge in [-0.2, -0.15) is 13.2 Å². The quantitative estimate of drug-likeness (QED) is 0.541. The normalized spacial score (nSPS) is 21.3. The number of carbonyl (C=O) groups is 3. The van der Waals surface area contributed by atoms with E-state index in [9.17, 15) is 32.7 Å². The Kier molecular flexibility index (Phi) is 4.68. The fourth-order valence-electron chi connectivity index (χ4n) is 4.84. The fourth-order valence-corrected chi connectivity index (χ4v) is 5.97. The second-order valence-electron chi connectivity index (χ2n) is 9.18. The van der Waals surface area contributed by atoms with Crippen molar-refractivity contribution in [2.75, 3.05) is 0 Å². The monoisotopic (exact) mass is 489 g/mol. The summed E-state index contributed by atoms with van der Waals surface area (Å²) in [6.07, 6.45) is -3.41. The molecule has 7 nitrogen and oxygen atoms in total. The van der Waals surface area contributed by atoms with Gasteiger partial charge in [0.15, 0.2) is 0 Å². The van der Waals surface area contributed by atoms with Crippen LogP contribution in [0.15, 0.2) is 24.4 Å². The predicted molar refractivity (Wildman–Crippen MR) is 116 cm³/mol. The van der Waals surface area contributed by atoms with Gasteiger partial charge < -0.3 is 5.11 Å². The van der Waals surface area contributed by atoms with Crippen molar-refractivity contribution < 1.29 is 32.7 Å². The van der Waals surface area contributed by atoms with Crippen LogP contribution < -0.4 is 0 Å². The molecule has 176 valence electrons. The first kappa shape index (κ1) is 22.5. The Labute approximate surface area is 195 Å². The van der Waals surface area contributed by atoms with Gasteiger partial charge in [-0.15, -0.1) is 11.3 Å². The molecule has 1 saturated carbocycles. The summed E-state index contributed by atoms with van der Waals surface area (Å²) in [5.74, 6) is -2.50. The molecule has 11 heteroatoms. The molecule has 0 spiro atoms. The van der Waals surface area contributed by atoms with Crippen LogP contribution in [0, 0.1) is 24.2 Å². The number of aryl methyl sites for hydroxylation is 1. The molecule has 2 fully saturated rings. The maximum absolute atomic E-state index is 13.4. The van der Waals surface area contributed by atoms with Crippen molar-refractivity contribution in [2.24, 2.45) is 17.3 Å². The molecule has 0 radical (unpaired) electrons. The maximum Gasteiger partial charge on any atom is 0.433 e. The lowest BCUT2D eigenvalue weighted by molar-refractivity contribution is -0.144. The van der Waals surface area contributed by atoms with Crippen molar-refractivity contribution in [1.29, 1.82) is 0 Å². The van der Waals surface area contributed by atoms with Gasteiger partial charge in [-0.3, -0.25) is 19.5 Å². The lowest BCUT2D eigenvalue weighted by atomic mass is 10.0. The zero-order valence-electron chi connectivity index (χ0n) is 18.2. The standard InChI is InChI=1S/C23H18F3N3O4S/c1-9-6-12(23(24,25)26)28-16(13(9)21(32)33)17-18-10(4-5-27-17)7-11(34-18)8-29-19(30)14-15(20(29)31)22(14,2)3/h4-7,14-15H,8H2,1-3H3,(H,32,33). The second-order valence-corrected chi connectivity index (χ2v) is 10.3. The van der Waals surface area contributed by atoms with Crippen LogP contribution in [-0.2, 0) is 22.3 Å². The number of likely N-dealkylation sites (tertiary alicyclic amines) is 1. The van der Waals surface area contributed by atoms with Crippen LogP contribution in [0.5, 0.6) is 0 Å². The molecule has 1 N–H and O–H groups in total. The van der Waals surface area contributed by atoms with E-state index in [4.69, 9.17) is 0 Å². The number of alkyl halides is 3. The first-order valence-corrected chi connectivity index (χ1v) is 11.2. The molecule has 1 aliphatic carbocycles. The molecule has 34 heavy (non-hydrogen) atoms. The fraction of sp³-hybridized carbons (Fsp3) is 0.348. The molecule has 2 amide bonds. The van der Waals surface area contributed by atoms with E-state index in [2.05, 4.69) is 9.97 Å². The maximum atomic E-state index is 13.4. The highest BCUT2D eigenvalue weighted by Crippen LogP contribution is 2.63. The summed E-state index contributed by atoms with van der Waals surface area (Å²) in [5, 5.41) is 10.3. The van der Waals surface area contributed by atoms with Crippen molar-refractivity contribution in [3.8, 4) is 11.4 Å². The van der Waals surface area contributed by atoms with Crippen LogP contribution in [0.4, 0.5) is 13.2 Å². The Morgan fingerprint density at radius 2 is 1.82 bits per heavy atom. The summed E-state index contributed by atoms with van der Waals surface area (Å²) in [6.45, 7) is 5.09. The number of halogens is 3. The number of thiophene rings is 1. The highest BCUT2D eigenvalue weighted by molar-refractivity contribution is 7.19. The van der Waals surface area contributed by atoms with E-state index < -0.39 is 17.8 Å². The topological polar surface area (TPSA) is 100 Å². The zero-order valence-corrected chi connectivity index (χ0v) is 19.0. The molecule has 3 aromatic heterocycles. The van der Waals surface area contributed by atoms with Crippen LogP contribution in [0.3, 0.4) is 0 Å². The van der Waals surface area contributed by atoms with Gasteiger partial charge in [-0.05, 0) is 41.5 Å². The molecule has 3 aromatic rings. The van der Waals surface area contributed by atoms with Crippen LogP contribution >= 0.6 is 11.3 Å². The minimum atomic E-state index is -4.77. The van der Waals surface area contributed by atoms with E-state index in [1.165, 1.54) is 18.0 Å². The van der Waals surface area contributed by atoms with Crippen LogP contribution in [-0.4, -0.2) is 37.8 Å². The average Bonchev–Trinajstić information content (AvgIpc) is 2.99. The van der Waals surface area contributed by atoms with Crippen molar-refractivity contribution in [1.82, 2.24) is 14.9 Å². The third-order valence-electron chi connectivity index (χ3n) is 6.64. The summed E-state index contributed by atoms with van der Waals surface area (Å²) >= 11 is 1.14. The molecular weight excluding hydrogens is 471 g/mol. The van der Waals surface area contributed by atoms with Gasteiger partial charge in [0.1, 0.15) is 17.1 Å². The molecule has 2 atom stereocenters. The number of fused-ring (bicyclic) bond motifs is 2. The molecule has 2 unspecified atom stereocenters. The summed E-state index contributed by atoms with van der Waals surface area (Å²) in [7, 11) is 0. The molecular formula is C23H18F3N3O4S. The van der Waals surface area contributed by atoms with Gasteiger partial charge in [-0.25, -0.2) is 9.78 Å². The van der Waals surface area contributed by atoms with Crippen molar-refractivity contribution in [2.45, 2.75) is 33.5 Å². The number of imide groups is 1. The molecule has 1 aliphatic heterocycles. The van der Waals surface area contributed by atoms with E-state index in [1.807, 2.05) is 13.8 Å². The van der Waals surface area contributed by atoms with Crippen LogP contribution in [0.1, 0.15) is 40.3 Å². The average molecular weight is 489 g/mol. The largest absolute Gasteiger partial charge is 0.478 e. The molecule has 0 bridgehead atoms. The summed E-state index contributed by atoms with van der Waals surface area (Å²) in [6, 6.07) is 4.06. The van der Waals surface area contributed by atoms with E-state index in [1.54, 1.807) is 12.1 Å². The van der Waals surface area contributed by atoms with E-state index >= 15 is 0 Å². The minimum absolute atomic E-state index is 0.00315. The highest BCUT2D eigenvalue weighted by Gasteiger charge is 2.72. The number of hydrogen-bond donors (Lipinski definition) is 1. The number of carbonyl (C=O) groups excluding carboxylic acids is 2. The minimum Gasteiger partial charge on any atom is -0.478 e. The van der Waals surface area contributed by atoms with Gasteiger partial charge >= 0.3 is 12.1 Å². The van der Waals surface area contributed by atoms with Crippen LogP contribution in [0.25, 0.3) is 21.5 Å². The number of aromatic nitrogens is 2. The number of piperidine rings is 1. The van der Waals surface area contributed by atoms with Gasteiger partial charge in [0, 0.05) is 11.1 Å². The SMILES string of the molecule is Cc1cc(C(F)(F)F)nc(-c2nccc3cc(CN4C(=O)C5C(C4=O)C5(C)C)sc23)c1C(=O)O. The molecule has 2 aliphatic rings. The van der Waals surface area contributed by atoms with Gasteiger partial charge in [0.05, 0.1) is 28.6 Å². The number of carboxylic acids is 1. The first-order valence-electron chi connectivity index (χ1n) is 10.4.